The van der Waals surface area contributed by atoms with Crippen LogP contribution in [0.1, 0.15) is 22.9 Å². The number of aliphatic hydroxyl groups excluding tert-OH is 1. The average molecular weight is 347 g/mol. The second-order valence-corrected chi connectivity index (χ2v) is 7.90. The lowest BCUT2D eigenvalue weighted by molar-refractivity contribution is 0.156. The number of likely N-dealkylation sites (N-methyl/N-ethyl adjacent to an activating group) is 1. The molecule has 3 nitrogen and oxygen atoms in total. The molecule has 0 radical (unpaired) electrons. The van der Waals surface area contributed by atoms with Gasteiger partial charge in [-0.15, -0.1) is 11.3 Å². The van der Waals surface area contributed by atoms with Gasteiger partial charge in [-0.3, -0.25) is 0 Å². The van der Waals surface area contributed by atoms with Crippen molar-refractivity contribution in [3.05, 3.63) is 57.6 Å². The van der Waals surface area contributed by atoms with Crippen LogP contribution < -0.4 is 0 Å². The summed E-state index contributed by atoms with van der Waals surface area (Å²) in [7, 11) is 2.15. The Morgan fingerprint density at radius 1 is 1.30 bits per heavy atom. The maximum Gasteiger partial charge on any atom is 0.0969 e. The van der Waals surface area contributed by atoms with Crippen molar-refractivity contribution in [3.63, 3.8) is 0 Å². The third kappa shape index (κ3) is 2.70. The monoisotopic (exact) mass is 346 g/mol. The largest absolute Gasteiger partial charge is 0.387 e. The molecule has 1 unspecified atom stereocenters. The van der Waals surface area contributed by atoms with E-state index in [1.165, 1.54) is 16.0 Å². The second-order valence-electron chi connectivity index (χ2n) is 6.21. The van der Waals surface area contributed by atoms with E-state index >= 15 is 0 Å². The number of aliphatic hydroxyl groups is 1. The van der Waals surface area contributed by atoms with Gasteiger partial charge < -0.3 is 14.6 Å². The third-order valence-corrected chi connectivity index (χ3v) is 5.93. The van der Waals surface area contributed by atoms with Gasteiger partial charge in [-0.25, -0.2) is 0 Å². The molecule has 3 heterocycles. The van der Waals surface area contributed by atoms with Crippen molar-refractivity contribution in [2.75, 3.05) is 13.6 Å². The zero-order valence-corrected chi connectivity index (χ0v) is 14.6. The molecule has 1 aliphatic rings. The van der Waals surface area contributed by atoms with Crippen molar-refractivity contribution in [2.24, 2.45) is 0 Å². The van der Waals surface area contributed by atoms with Gasteiger partial charge in [-0.2, -0.15) is 0 Å². The fourth-order valence-corrected chi connectivity index (χ4v) is 4.74. The Hall–Kier alpha value is -1.33. The molecule has 23 heavy (non-hydrogen) atoms. The first-order valence-corrected chi connectivity index (χ1v) is 9.04. The van der Waals surface area contributed by atoms with E-state index in [1.54, 1.807) is 11.3 Å². The second kappa shape index (κ2) is 5.95. The minimum atomic E-state index is -0.505. The van der Waals surface area contributed by atoms with Gasteiger partial charge in [0.05, 0.1) is 27.2 Å². The van der Waals surface area contributed by atoms with Crippen molar-refractivity contribution in [2.45, 2.75) is 25.6 Å². The van der Waals surface area contributed by atoms with E-state index in [0.717, 1.165) is 34.9 Å². The predicted molar refractivity (Wildman–Crippen MR) is 96.3 cm³/mol. The number of hydrogen-bond donors (Lipinski definition) is 1. The normalized spacial score (nSPS) is 16.7. The lowest BCUT2D eigenvalue weighted by Gasteiger charge is -2.25. The fraction of sp³-hybridized carbons (Fsp3) is 0.333. The molecule has 0 saturated carbocycles. The molecule has 1 aliphatic heterocycles. The van der Waals surface area contributed by atoms with Gasteiger partial charge in [-0.1, -0.05) is 41.9 Å². The van der Waals surface area contributed by atoms with Crippen LogP contribution in [0.3, 0.4) is 0 Å². The number of hydrogen-bond acceptors (Lipinski definition) is 3. The molecule has 120 valence electrons. The molecule has 1 N–H and O–H groups in total. The standard InChI is InChI=1S/C18H19ClN2OS/c1-20-8-7-14-13(10-20)18-15(9-17(19)23-18)21(14)11-16(22)12-5-3-2-4-6-12/h2-6,9,16,22H,7-8,10-11H2,1H3. The first-order valence-electron chi connectivity index (χ1n) is 7.84. The van der Waals surface area contributed by atoms with Crippen molar-refractivity contribution in [1.29, 1.82) is 0 Å². The van der Waals surface area contributed by atoms with Gasteiger partial charge in [0, 0.05) is 30.8 Å². The van der Waals surface area contributed by atoms with Gasteiger partial charge in [0.1, 0.15) is 0 Å². The summed E-state index contributed by atoms with van der Waals surface area (Å²) in [6.45, 7) is 2.59. The molecule has 0 saturated heterocycles. The Morgan fingerprint density at radius 2 is 2.09 bits per heavy atom. The summed E-state index contributed by atoms with van der Waals surface area (Å²) >= 11 is 7.91. The first kappa shape index (κ1) is 15.2. The Bertz CT molecular complexity index is 840. The summed E-state index contributed by atoms with van der Waals surface area (Å²) in [6.07, 6.45) is 0.515. The molecule has 1 atom stereocenters. The van der Waals surface area contributed by atoms with Crippen LogP contribution in [0.5, 0.6) is 0 Å². The Kier molecular flexibility index (Phi) is 3.93. The minimum Gasteiger partial charge on any atom is -0.387 e. The first-order chi connectivity index (χ1) is 11.1. The molecular weight excluding hydrogens is 328 g/mol. The van der Waals surface area contributed by atoms with Crippen LogP contribution in [0.2, 0.25) is 4.34 Å². The zero-order valence-electron chi connectivity index (χ0n) is 13.0. The molecule has 0 amide bonds. The van der Waals surface area contributed by atoms with Crippen molar-refractivity contribution in [1.82, 2.24) is 9.47 Å². The Morgan fingerprint density at radius 3 is 2.87 bits per heavy atom. The van der Waals surface area contributed by atoms with Crippen LogP contribution in [-0.2, 0) is 19.5 Å². The quantitative estimate of drug-likeness (QED) is 0.774. The van der Waals surface area contributed by atoms with E-state index in [4.69, 9.17) is 11.6 Å². The van der Waals surface area contributed by atoms with Gasteiger partial charge in [-0.05, 0) is 18.7 Å². The summed E-state index contributed by atoms with van der Waals surface area (Å²) in [5.41, 5.74) is 4.86. The number of thiophene rings is 1. The molecule has 0 aliphatic carbocycles. The predicted octanol–water partition coefficient (Wildman–Crippen LogP) is 4.08. The molecule has 0 bridgehead atoms. The molecule has 0 spiro atoms. The van der Waals surface area contributed by atoms with Gasteiger partial charge in [0.25, 0.3) is 0 Å². The van der Waals surface area contributed by atoms with Crippen molar-refractivity contribution >= 4 is 33.2 Å². The SMILES string of the molecule is CN1CCc2c(c3sc(Cl)cc3n2CC(O)c2ccccc2)C1. The smallest absolute Gasteiger partial charge is 0.0969 e. The number of aromatic nitrogens is 1. The summed E-state index contributed by atoms with van der Waals surface area (Å²) < 4.78 is 4.36. The highest BCUT2D eigenvalue weighted by molar-refractivity contribution is 7.22. The highest BCUT2D eigenvalue weighted by Crippen LogP contribution is 2.39. The molecule has 0 fully saturated rings. The molecule has 4 rings (SSSR count). The maximum absolute atomic E-state index is 10.7. The van der Waals surface area contributed by atoms with Gasteiger partial charge in [0.15, 0.2) is 0 Å². The van der Waals surface area contributed by atoms with Gasteiger partial charge >= 0.3 is 0 Å². The molecule has 1 aromatic carbocycles. The highest BCUT2D eigenvalue weighted by Gasteiger charge is 2.25. The number of halogens is 1. The molecule has 2 aromatic heterocycles. The average Bonchev–Trinajstić information content (AvgIpc) is 3.05. The summed E-state index contributed by atoms with van der Waals surface area (Å²) in [4.78, 5) is 2.34. The van der Waals surface area contributed by atoms with E-state index in [9.17, 15) is 5.11 Å². The third-order valence-electron chi connectivity index (χ3n) is 4.62. The van der Waals surface area contributed by atoms with Crippen LogP contribution in [0.15, 0.2) is 36.4 Å². The van der Waals surface area contributed by atoms with E-state index in [2.05, 4.69) is 16.5 Å². The van der Waals surface area contributed by atoms with Crippen LogP contribution >= 0.6 is 22.9 Å². The van der Waals surface area contributed by atoms with Gasteiger partial charge in [0.2, 0.25) is 0 Å². The van der Waals surface area contributed by atoms with Crippen molar-refractivity contribution in [3.8, 4) is 0 Å². The number of fused-ring (bicyclic) bond motifs is 3. The molecular formula is C18H19ClN2OS. The van der Waals surface area contributed by atoms with Crippen LogP contribution in [-0.4, -0.2) is 28.2 Å². The van der Waals surface area contributed by atoms with E-state index in [1.807, 2.05) is 36.4 Å². The summed E-state index contributed by atoms with van der Waals surface area (Å²) in [5, 5.41) is 10.7. The Balaban J connectivity index is 1.77. The maximum atomic E-state index is 10.7. The van der Waals surface area contributed by atoms with Crippen LogP contribution in [0.4, 0.5) is 0 Å². The minimum absolute atomic E-state index is 0.505. The van der Waals surface area contributed by atoms with E-state index < -0.39 is 6.10 Å². The zero-order chi connectivity index (χ0) is 16.0. The summed E-state index contributed by atoms with van der Waals surface area (Å²) in [5.74, 6) is 0. The van der Waals surface area contributed by atoms with E-state index in [0.29, 0.717) is 6.54 Å². The lowest BCUT2D eigenvalue weighted by atomic mass is 10.1. The molecule has 5 heteroatoms. The fourth-order valence-electron chi connectivity index (χ4n) is 3.47. The van der Waals surface area contributed by atoms with Crippen LogP contribution in [0.25, 0.3) is 10.2 Å². The molecule has 3 aromatic rings. The number of rotatable bonds is 3. The van der Waals surface area contributed by atoms with E-state index in [-0.39, 0.29) is 0 Å². The lowest BCUT2D eigenvalue weighted by Crippen LogP contribution is -2.27. The highest BCUT2D eigenvalue weighted by atomic mass is 35.5. The van der Waals surface area contributed by atoms with Crippen molar-refractivity contribution < 1.29 is 5.11 Å². The Labute approximate surface area is 144 Å². The number of nitrogens with zero attached hydrogens (tertiary/aromatic N) is 2. The number of benzene rings is 1. The van der Waals surface area contributed by atoms with Crippen LogP contribution in [0, 0.1) is 0 Å². The topological polar surface area (TPSA) is 28.4 Å². The summed E-state index contributed by atoms with van der Waals surface area (Å²) in [6, 6.07) is 11.9.